The molecular formula is C21H13F4N5O. The Labute approximate surface area is 173 Å². The molecule has 0 saturated carbocycles. The van der Waals surface area contributed by atoms with Crippen LogP contribution in [0.25, 0.3) is 16.9 Å². The molecule has 10 heteroatoms. The SMILES string of the molecule is Cc1nc2cc(F)c(F)cc2n1-c1cc(C#N)cc(Nc2ccc(OC(F)F)cc2)n1. The normalized spacial score (nSPS) is 11.0. The number of benzene rings is 2. The second kappa shape index (κ2) is 7.95. The lowest BCUT2D eigenvalue weighted by Gasteiger charge is -2.11. The highest BCUT2D eigenvalue weighted by atomic mass is 19.3. The number of nitriles is 1. The summed E-state index contributed by atoms with van der Waals surface area (Å²) < 4.78 is 57.8. The summed E-state index contributed by atoms with van der Waals surface area (Å²) >= 11 is 0. The third kappa shape index (κ3) is 4.11. The van der Waals surface area contributed by atoms with Gasteiger partial charge in [0.1, 0.15) is 23.2 Å². The summed E-state index contributed by atoms with van der Waals surface area (Å²) in [5.41, 5.74) is 1.30. The summed E-state index contributed by atoms with van der Waals surface area (Å²) in [6, 6.07) is 12.7. The number of fused-ring (bicyclic) bond motifs is 1. The number of halogens is 4. The number of imidazole rings is 1. The number of anilines is 2. The monoisotopic (exact) mass is 427 g/mol. The number of nitrogens with zero attached hydrogens (tertiary/aromatic N) is 4. The van der Waals surface area contributed by atoms with Crippen molar-refractivity contribution in [1.82, 2.24) is 14.5 Å². The Morgan fingerprint density at radius 1 is 1.03 bits per heavy atom. The molecule has 1 N–H and O–H groups in total. The summed E-state index contributed by atoms with van der Waals surface area (Å²) in [5.74, 6) is -1.09. The van der Waals surface area contributed by atoms with Crippen molar-refractivity contribution in [3.05, 3.63) is 71.6 Å². The number of hydrogen-bond donors (Lipinski definition) is 1. The molecule has 0 bridgehead atoms. The van der Waals surface area contributed by atoms with Crippen LogP contribution in [0.4, 0.5) is 29.1 Å². The Bertz CT molecular complexity index is 1310. The first-order chi connectivity index (χ1) is 14.8. The maximum absolute atomic E-state index is 13.8. The zero-order chi connectivity index (χ0) is 22.1. The third-order valence-electron chi connectivity index (χ3n) is 4.39. The maximum atomic E-state index is 13.8. The minimum Gasteiger partial charge on any atom is -0.435 e. The predicted molar refractivity (Wildman–Crippen MR) is 105 cm³/mol. The molecule has 0 aliphatic heterocycles. The van der Waals surface area contributed by atoms with E-state index in [2.05, 4.69) is 20.0 Å². The van der Waals surface area contributed by atoms with Crippen molar-refractivity contribution in [2.24, 2.45) is 0 Å². The summed E-state index contributed by atoms with van der Waals surface area (Å²) in [7, 11) is 0. The van der Waals surface area contributed by atoms with Gasteiger partial charge in [-0.2, -0.15) is 14.0 Å². The summed E-state index contributed by atoms with van der Waals surface area (Å²) in [6.45, 7) is -1.28. The number of aromatic nitrogens is 3. The Morgan fingerprint density at radius 2 is 1.74 bits per heavy atom. The lowest BCUT2D eigenvalue weighted by Crippen LogP contribution is -2.04. The molecule has 0 fully saturated rings. The van der Waals surface area contributed by atoms with Gasteiger partial charge in [-0.05, 0) is 43.3 Å². The Hall–Kier alpha value is -4.13. The van der Waals surface area contributed by atoms with E-state index in [1.807, 2.05) is 6.07 Å². The molecule has 2 heterocycles. The van der Waals surface area contributed by atoms with Crippen molar-refractivity contribution in [2.45, 2.75) is 13.5 Å². The van der Waals surface area contributed by atoms with Crippen LogP contribution in [-0.4, -0.2) is 21.1 Å². The molecule has 0 aliphatic carbocycles. The standard InChI is InChI=1S/C21H13F4N5O/c1-11-27-17-8-15(22)16(23)9-18(17)30(11)20-7-12(10-26)6-19(29-20)28-13-2-4-14(5-3-13)31-21(24)25/h2-9,21H,1H3,(H,28,29). The second-order valence-electron chi connectivity index (χ2n) is 6.49. The van der Waals surface area contributed by atoms with Gasteiger partial charge in [0.05, 0.1) is 22.7 Å². The van der Waals surface area contributed by atoms with Crippen molar-refractivity contribution in [3.63, 3.8) is 0 Å². The molecule has 4 rings (SSSR count). The van der Waals surface area contributed by atoms with Gasteiger partial charge in [0.15, 0.2) is 11.6 Å². The second-order valence-corrected chi connectivity index (χ2v) is 6.49. The molecule has 0 aliphatic rings. The van der Waals surface area contributed by atoms with Crippen LogP contribution in [0.2, 0.25) is 0 Å². The average Bonchev–Trinajstić information content (AvgIpc) is 3.03. The van der Waals surface area contributed by atoms with Gasteiger partial charge in [-0.3, -0.25) is 4.57 Å². The molecule has 0 saturated heterocycles. The maximum Gasteiger partial charge on any atom is 0.387 e. The first-order valence-electron chi connectivity index (χ1n) is 8.92. The molecule has 0 atom stereocenters. The molecule has 4 aromatic rings. The smallest absolute Gasteiger partial charge is 0.387 e. The van der Waals surface area contributed by atoms with Crippen molar-refractivity contribution in [2.75, 3.05) is 5.32 Å². The quantitative estimate of drug-likeness (QED) is 0.442. The lowest BCUT2D eigenvalue weighted by atomic mass is 10.2. The molecule has 6 nitrogen and oxygen atoms in total. The number of pyridine rings is 1. The fourth-order valence-electron chi connectivity index (χ4n) is 3.11. The van der Waals surface area contributed by atoms with Crippen LogP contribution < -0.4 is 10.1 Å². The van der Waals surface area contributed by atoms with Gasteiger partial charge >= 0.3 is 6.61 Å². The highest BCUT2D eigenvalue weighted by Crippen LogP contribution is 2.26. The summed E-state index contributed by atoms with van der Waals surface area (Å²) in [5, 5.41) is 12.4. The van der Waals surface area contributed by atoms with Gasteiger partial charge in [0.25, 0.3) is 0 Å². The van der Waals surface area contributed by atoms with Gasteiger partial charge in [0, 0.05) is 17.8 Å². The topological polar surface area (TPSA) is 75.8 Å². The van der Waals surface area contributed by atoms with Crippen LogP contribution in [0.1, 0.15) is 11.4 Å². The van der Waals surface area contributed by atoms with Crippen LogP contribution in [0.5, 0.6) is 5.75 Å². The van der Waals surface area contributed by atoms with Crippen LogP contribution in [0.3, 0.4) is 0 Å². The largest absolute Gasteiger partial charge is 0.435 e. The molecule has 0 amide bonds. The predicted octanol–water partition coefficient (Wildman–Crippen LogP) is 5.22. The van der Waals surface area contributed by atoms with Gasteiger partial charge in [-0.15, -0.1) is 0 Å². The van der Waals surface area contributed by atoms with Crippen LogP contribution in [0.15, 0.2) is 48.5 Å². The molecule has 0 radical (unpaired) electrons. The number of aryl methyl sites for hydroxylation is 1. The van der Waals surface area contributed by atoms with E-state index in [4.69, 9.17) is 0 Å². The first-order valence-corrected chi connectivity index (χ1v) is 8.92. The fraction of sp³-hybridized carbons (Fsp3) is 0.0952. The first kappa shape index (κ1) is 20.2. The van der Waals surface area contributed by atoms with Crippen LogP contribution in [-0.2, 0) is 0 Å². The Kier molecular flexibility index (Phi) is 5.17. The Balaban J connectivity index is 1.74. The molecule has 0 unspecified atom stereocenters. The van der Waals surface area contributed by atoms with Crippen molar-refractivity contribution in [1.29, 1.82) is 5.26 Å². The minimum absolute atomic E-state index is 0.00487. The highest BCUT2D eigenvalue weighted by Gasteiger charge is 2.16. The van der Waals surface area contributed by atoms with E-state index in [-0.39, 0.29) is 28.5 Å². The average molecular weight is 427 g/mol. The van der Waals surface area contributed by atoms with Crippen LogP contribution in [0, 0.1) is 29.9 Å². The molecule has 0 spiro atoms. The molecule has 2 aromatic heterocycles. The van der Waals surface area contributed by atoms with Crippen molar-refractivity contribution in [3.8, 4) is 17.6 Å². The number of alkyl halides is 2. The fourth-order valence-corrected chi connectivity index (χ4v) is 3.11. The number of hydrogen-bond acceptors (Lipinski definition) is 5. The van der Waals surface area contributed by atoms with E-state index >= 15 is 0 Å². The lowest BCUT2D eigenvalue weighted by molar-refractivity contribution is -0.0498. The molecule has 156 valence electrons. The van der Waals surface area contributed by atoms with E-state index in [1.54, 1.807) is 6.92 Å². The van der Waals surface area contributed by atoms with E-state index in [0.717, 1.165) is 12.1 Å². The summed E-state index contributed by atoms with van der Waals surface area (Å²) in [4.78, 5) is 8.68. The van der Waals surface area contributed by atoms with Gasteiger partial charge < -0.3 is 10.1 Å². The number of ether oxygens (including phenoxy) is 1. The van der Waals surface area contributed by atoms with Gasteiger partial charge in [-0.25, -0.2) is 18.7 Å². The molecule has 2 aromatic carbocycles. The van der Waals surface area contributed by atoms with Crippen molar-refractivity contribution < 1.29 is 22.3 Å². The van der Waals surface area contributed by atoms with E-state index in [9.17, 15) is 22.8 Å². The third-order valence-corrected chi connectivity index (χ3v) is 4.39. The van der Waals surface area contributed by atoms with Gasteiger partial charge in [-0.1, -0.05) is 0 Å². The van der Waals surface area contributed by atoms with Crippen molar-refractivity contribution >= 4 is 22.5 Å². The van der Waals surface area contributed by atoms with E-state index in [0.29, 0.717) is 17.0 Å². The zero-order valence-corrected chi connectivity index (χ0v) is 15.9. The molecular weight excluding hydrogens is 414 g/mol. The molecule has 31 heavy (non-hydrogen) atoms. The number of nitrogens with one attached hydrogen (secondary N) is 1. The van der Waals surface area contributed by atoms with Crippen LogP contribution >= 0.6 is 0 Å². The van der Waals surface area contributed by atoms with E-state index < -0.39 is 18.2 Å². The summed E-state index contributed by atoms with van der Waals surface area (Å²) in [6.07, 6.45) is 0. The number of rotatable bonds is 5. The highest BCUT2D eigenvalue weighted by molar-refractivity contribution is 5.78. The minimum atomic E-state index is -2.93. The van der Waals surface area contributed by atoms with E-state index in [1.165, 1.54) is 41.0 Å². The Morgan fingerprint density at radius 3 is 2.42 bits per heavy atom. The van der Waals surface area contributed by atoms with Gasteiger partial charge in [0.2, 0.25) is 0 Å². The zero-order valence-electron chi connectivity index (χ0n) is 15.9.